The van der Waals surface area contributed by atoms with Crippen LogP contribution in [-0.4, -0.2) is 60.3 Å². The van der Waals surface area contributed by atoms with Crippen molar-refractivity contribution in [3.8, 4) is 0 Å². The van der Waals surface area contributed by atoms with Crippen molar-refractivity contribution in [2.45, 2.75) is 25.0 Å². The summed E-state index contributed by atoms with van der Waals surface area (Å²) in [5.74, 6) is -0.492. The van der Waals surface area contributed by atoms with Gasteiger partial charge in [0.2, 0.25) is 0 Å². The largest absolute Gasteiger partial charge is 0.465 e. The van der Waals surface area contributed by atoms with Gasteiger partial charge in [0.15, 0.2) is 5.78 Å². The van der Waals surface area contributed by atoms with E-state index in [2.05, 4.69) is 0 Å². The van der Waals surface area contributed by atoms with Crippen molar-refractivity contribution < 1.29 is 28.6 Å². The van der Waals surface area contributed by atoms with Gasteiger partial charge in [0, 0.05) is 32.3 Å². The lowest BCUT2D eigenvalue weighted by Gasteiger charge is -2.24. The first kappa shape index (κ1) is 17.3. The summed E-state index contributed by atoms with van der Waals surface area (Å²) in [4.78, 5) is 38.8. The number of ether oxygens (including phenoxy) is 1. The molecular weight excluding hydrogens is 357 g/mol. The number of likely N-dealkylation sites (N-methyl/N-ethyl adjacent to an activating group) is 1. The van der Waals surface area contributed by atoms with Gasteiger partial charge in [0.05, 0.1) is 24.0 Å². The molecule has 0 aliphatic carbocycles. The highest BCUT2D eigenvalue weighted by atomic mass is 19.1. The quantitative estimate of drug-likeness (QED) is 0.869. The number of carbonyl (C=O) groups excluding carboxylic acids is 2. The number of allylic oxidation sites excluding steroid dienone is 1. The summed E-state index contributed by atoms with van der Waals surface area (Å²) >= 11 is 0. The van der Waals surface area contributed by atoms with Crippen molar-refractivity contribution in [3.63, 3.8) is 0 Å². The van der Waals surface area contributed by atoms with Crippen LogP contribution in [0.15, 0.2) is 24.4 Å². The second kappa shape index (κ2) is 6.26. The fourth-order valence-electron chi connectivity index (χ4n) is 3.76. The Kier molecular flexibility index (Phi) is 4.01. The van der Waals surface area contributed by atoms with Crippen molar-refractivity contribution in [1.29, 1.82) is 0 Å². The molecule has 3 heterocycles. The zero-order chi connectivity index (χ0) is 19.3. The summed E-state index contributed by atoms with van der Waals surface area (Å²) in [6.07, 6.45) is 1.42. The van der Waals surface area contributed by atoms with Crippen molar-refractivity contribution >= 4 is 29.3 Å². The number of amides is 2. The van der Waals surface area contributed by atoms with Crippen LogP contribution >= 0.6 is 0 Å². The molecule has 3 aliphatic heterocycles. The van der Waals surface area contributed by atoms with Crippen LogP contribution in [0.25, 0.3) is 0 Å². The number of halogens is 1. The molecule has 0 radical (unpaired) electrons. The topological polar surface area (TPSA) is 90.4 Å². The Morgan fingerprint density at radius 2 is 2.15 bits per heavy atom. The molecule has 27 heavy (non-hydrogen) atoms. The number of cyclic esters (lactones) is 1. The third-order valence-corrected chi connectivity index (χ3v) is 5.18. The molecule has 0 aromatic heterocycles. The predicted octanol–water partition coefficient (Wildman–Crippen LogP) is 1.98. The number of carboxylic acid groups (broad SMARTS) is 1. The molecule has 3 aliphatic rings. The normalized spacial score (nSPS) is 23.3. The second-order valence-corrected chi connectivity index (χ2v) is 6.88. The molecule has 1 aromatic carbocycles. The van der Waals surface area contributed by atoms with E-state index in [1.807, 2.05) is 0 Å². The maximum atomic E-state index is 14.7. The van der Waals surface area contributed by atoms with Crippen molar-refractivity contribution in [2.75, 3.05) is 29.9 Å². The Bertz CT molecular complexity index is 871. The van der Waals surface area contributed by atoms with E-state index >= 15 is 0 Å². The maximum Gasteiger partial charge on any atom is 0.415 e. The van der Waals surface area contributed by atoms with Crippen LogP contribution in [0.2, 0.25) is 0 Å². The van der Waals surface area contributed by atoms with Crippen LogP contribution in [0.3, 0.4) is 0 Å². The molecule has 0 unspecified atom stereocenters. The molecule has 0 saturated carbocycles. The van der Waals surface area contributed by atoms with Crippen LogP contribution in [-0.2, 0) is 16.0 Å². The molecule has 142 valence electrons. The third kappa shape index (κ3) is 2.88. The average Bonchev–Trinajstić information content (AvgIpc) is 3.13. The molecule has 0 spiro atoms. The van der Waals surface area contributed by atoms with E-state index in [9.17, 15) is 18.8 Å². The van der Waals surface area contributed by atoms with Gasteiger partial charge in [0.25, 0.3) is 0 Å². The summed E-state index contributed by atoms with van der Waals surface area (Å²) in [5, 5.41) is 9.04. The van der Waals surface area contributed by atoms with Crippen molar-refractivity contribution in [3.05, 3.63) is 35.8 Å². The Balaban J connectivity index is 1.62. The first-order valence-electron chi connectivity index (χ1n) is 8.59. The van der Waals surface area contributed by atoms with E-state index < -0.39 is 24.1 Å². The molecule has 1 N–H and O–H groups in total. The first-order valence-corrected chi connectivity index (χ1v) is 8.59. The summed E-state index contributed by atoms with van der Waals surface area (Å²) < 4.78 is 20.0. The molecule has 9 heteroatoms. The summed E-state index contributed by atoms with van der Waals surface area (Å²) in [7, 11) is 1.41. The molecule has 0 bridgehead atoms. The van der Waals surface area contributed by atoms with E-state index in [0.717, 1.165) is 10.5 Å². The van der Waals surface area contributed by atoms with Crippen LogP contribution in [0, 0.1) is 5.82 Å². The van der Waals surface area contributed by atoms with Gasteiger partial charge in [-0.25, -0.2) is 14.0 Å². The number of hydrogen-bond donors (Lipinski definition) is 1. The van der Waals surface area contributed by atoms with E-state index in [-0.39, 0.29) is 18.4 Å². The van der Waals surface area contributed by atoms with Crippen LogP contribution < -0.4 is 9.80 Å². The van der Waals surface area contributed by atoms with Gasteiger partial charge in [-0.1, -0.05) is 0 Å². The van der Waals surface area contributed by atoms with E-state index in [1.165, 1.54) is 24.1 Å². The summed E-state index contributed by atoms with van der Waals surface area (Å²) in [6, 6.07) is 2.62. The molecule has 1 fully saturated rings. The van der Waals surface area contributed by atoms with Gasteiger partial charge in [-0.05, 0) is 24.1 Å². The Morgan fingerprint density at radius 3 is 2.81 bits per heavy atom. The number of ketones is 1. The Labute approximate surface area is 154 Å². The zero-order valence-corrected chi connectivity index (χ0v) is 14.6. The minimum atomic E-state index is -1.11. The number of hydrogen-bond acceptors (Lipinski definition) is 5. The van der Waals surface area contributed by atoms with Crippen LogP contribution in [0.1, 0.15) is 12.0 Å². The highest BCUT2D eigenvalue weighted by molar-refractivity contribution is 5.95. The molecule has 4 rings (SSSR count). The van der Waals surface area contributed by atoms with Crippen LogP contribution in [0.4, 0.5) is 25.4 Å². The third-order valence-electron chi connectivity index (χ3n) is 5.18. The lowest BCUT2D eigenvalue weighted by molar-refractivity contribution is -0.114. The highest BCUT2D eigenvalue weighted by Crippen LogP contribution is 2.42. The maximum absolute atomic E-state index is 14.7. The van der Waals surface area contributed by atoms with Gasteiger partial charge in [-0.2, -0.15) is 0 Å². The van der Waals surface area contributed by atoms with Crippen molar-refractivity contribution in [1.82, 2.24) is 4.90 Å². The smallest absolute Gasteiger partial charge is 0.415 e. The summed E-state index contributed by atoms with van der Waals surface area (Å²) in [6.45, 7) is 0.439. The lowest BCUT2D eigenvalue weighted by atomic mass is 10.0. The van der Waals surface area contributed by atoms with Gasteiger partial charge >= 0.3 is 12.2 Å². The van der Waals surface area contributed by atoms with E-state index in [1.54, 1.807) is 17.2 Å². The highest BCUT2D eigenvalue weighted by Gasteiger charge is 2.48. The monoisotopic (exact) mass is 375 g/mol. The molecule has 8 nitrogen and oxygen atoms in total. The van der Waals surface area contributed by atoms with Crippen LogP contribution in [0.5, 0.6) is 0 Å². The Morgan fingerprint density at radius 1 is 1.37 bits per heavy atom. The van der Waals surface area contributed by atoms with Gasteiger partial charge in [0.1, 0.15) is 11.9 Å². The first-order chi connectivity index (χ1) is 12.8. The number of benzene rings is 1. The van der Waals surface area contributed by atoms with Gasteiger partial charge in [-0.15, -0.1) is 0 Å². The molecule has 2 amide bonds. The Hall–Kier alpha value is -3.10. The number of carbonyl (C=O) groups is 3. The zero-order valence-electron chi connectivity index (χ0n) is 14.6. The van der Waals surface area contributed by atoms with E-state index in [0.29, 0.717) is 30.8 Å². The number of fused-ring (bicyclic) bond motifs is 3. The molecule has 2 atom stereocenters. The van der Waals surface area contributed by atoms with Crippen molar-refractivity contribution in [2.24, 2.45) is 0 Å². The van der Waals surface area contributed by atoms with E-state index in [4.69, 9.17) is 9.84 Å². The predicted molar refractivity (Wildman–Crippen MR) is 93.4 cm³/mol. The average molecular weight is 375 g/mol. The minimum absolute atomic E-state index is 0.00148. The standard InChI is InChI=1S/C18H18FN3O5/c1-20(17(24)25)9-16-15-7-10-6-14(21-4-2-11(23)3-5-21)12(19)8-13(10)22(15)18(26)27-16/h2,4,6,8,15-16H,3,5,7,9H2,1H3,(H,24,25)/t15-,16-/m0/s1. The number of nitrogens with zero attached hydrogens (tertiary/aromatic N) is 3. The lowest BCUT2D eigenvalue weighted by Crippen LogP contribution is -2.41. The number of anilines is 2. The SMILES string of the molecule is CN(C[C@@H]1OC(=O)N2c3cc(F)c(N4C=CC(=O)CC4)cc3C[C@@H]12)C(=O)O. The molecular formula is C18H18FN3O5. The minimum Gasteiger partial charge on any atom is -0.465 e. The second-order valence-electron chi connectivity index (χ2n) is 6.88. The van der Waals surface area contributed by atoms with Gasteiger partial charge in [-0.3, -0.25) is 9.69 Å². The fourth-order valence-corrected chi connectivity index (χ4v) is 3.76. The molecule has 1 aromatic rings. The fraction of sp³-hybridized carbons (Fsp3) is 0.389. The molecule has 1 saturated heterocycles. The van der Waals surface area contributed by atoms with Gasteiger partial charge < -0.3 is 19.6 Å². The summed E-state index contributed by atoms with van der Waals surface area (Å²) in [5.41, 5.74) is 1.59. The number of rotatable bonds is 3.